The molecule has 182 valence electrons. The lowest BCUT2D eigenvalue weighted by Gasteiger charge is -2.16. The molecule has 2 aliphatic rings. The van der Waals surface area contributed by atoms with Crippen LogP contribution in [-0.2, 0) is 0 Å². The maximum absolute atomic E-state index is 6.96. The second-order valence-corrected chi connectivity index (χ2v) is 10.3. The molecule has 6 aromatic rings. The number of hydrogen-bond donors (Lipinski definition) is 1. The van der Waals surface area contributed by atoms with Crippen molar-refractivity contribution in [2.45, 2.75) is 0 Å². The first-order valence-corrected chi connectivity index (χ1v) is 13.4. The van der Waals surface area contributed by atoms with Gasteiger partial charge < -0.3 is 5.73 Å². The van der Waals surface area contributed by atoms with E-state index in [1.165, 1.54) is 71.3 Å². The highest BCUT2D eigenvalue weighted by atomic mass is 14.5. The molecule has 0 amide bonds. The highest BCUT2D eigenvalue weighted by Gasteiger charge is 2.21. The van der Waals surface area contributed by atoms with E-state index in [0.29, 0.717) is 0 Å². The Morgan fingerprint density at radius 2 is 0.923 bits per heavy atom. The summed E-state index contributed by atoms with van der Waals surface area (Å²) in [6.45, 7) is 0. The van der Waals surface area contributed by atoms with E-state index in [-0.39, 0.29) is 0 Å². The van der Waals surface area contributed by atoms with Gasteiger partial charge in [-0.2, -0.15) is 0 Å². The fourth-order valence-corrected chi connectivity index (χ4v) is 6.43. The minimum absolute atomic E-state index is 0.798. The number of anilines is 1. The number of rotatable bonds is 2. The SMILES string of the molecule is Nc1ccc2c(c1=c1c(-c3ccccc3)c(-c3ccccc3)cc3c1=Cc1ccccc1-3)=Cc1ccccc1-2. The van der Waals surface area contributed by atoms with E-state index < -0.39 is 0 Å². The number of hydrogen-bond acceptors (Lipinski definition) is 1. The molecule has 0 saturated carbocycles. The van der Waals surface area contributed by atoms with Crippen molar-refractivity contribution in [1.29, 1.82) is 0 Å². The Labute approximate surface area is 227 Å². The average Bonchev–Trinajstić information content (AvgIpc) is 3.56. The summed E-state index contributed by atoms with van der Waals surface area (Å²) in [5.74, 6) is 0. The van der Waals surface area contributed by atoms with Gasteiger partial charge in [0, 0.05) is 16.1 Å². The quantitative estimate of drug-likeness (QED) is 0.247. The Kier molecular flexibility index (Phi) is 4.74. The first kappa shape index (κ1) is 21.9. The molecular weight excluding hydrogens is 470 g/mol. The molecule has 2 aliphatic carbocycles. The van der Waals surface area contributed by atoms with Gasteiger partial charge in [0.15, 0.2) is 0 Å². The Morgan fingerprint density at radius 1 is 0.385 bits per heavy atom. The van der Waals surface area contributed by atoms with E-state index in [2.05, 4.69) is 140 Å². The molecule has 39 heavy (non-hydrogen) atoms. The molecule has 0 saturated heterocycles. The van der Waals surface area contributed by atoms with Crippen LogP contribution in [0, 0.1) is 10.4 Å². The van der Waals surface area contributed by atoms with Crippen molar-refractivity contribution in [3.63, 3.8) is 0 Å². The maximum atomic E-state index is 6.96. The van der Waals surface area contributed by atoms with Crippen molar-refractivity contribution in [2.75, 3.05) is 5.73 Å². The fraction of sp³-hybridized carbons (Fsp3) is 0. The Balaban J connectivity index is 1.70. The van der Waals surface area contributed by atoms with Crippen molar-refractivity contribution in [3.8, 4) is 44.5 Å². The molecule has 0 aromatic heterocycles. The number of nitrogen functional groups attached to an aromatic ring is 1. The minimum atomic E-state index is 0.798. The molecule has 2 N–H and O–H groups in total. The lowest BCUT2D eigenvalue weighted by molar-refractivity contribution is 1.41. The van der Waals surface area contributed by atoms with Gasteiger partial charge in [0.05, 0.1) is 0 Å². The highest BCUT2D eigenvalue weighted by Crippen LogP contribution is 2.38. The van der Waals surface area contributed by atoms with Crippen molar-refractivity contribution in [1.82, 2.24) is 0 Å². The molecule has 0 spiro atoms. The van der Waals surface area contributed by atoms with E-state index in [9.17, 15) is 0 Å². The van der Waals surface area contributed by atoms with Crippen LogP contribution < -0.4 is 16.2 Å². The predicted octanol–water partition coefficient (Wildman–Crippen LogP) is 7.51. The van der Waals surface area contributed by atoms with Crippen molar-refractivity contribution in [3.05, 3.63) is 159 Å². The monoisotopic (exact) mass is 495 g/mol. The van der Waals surface area contributed by atoms with Crippen LogP contribution in [-0.4, -0.2) is 0 Å². The Morgan fingerprint density at radius 3 is 1.59 bits per heavy atom. The van der Waals surface area contributed by atoms with Gasteiger partial charge in [-0.1, -0.05) is 115 Å². The van der Waals surface area contributed by atoms with Crippen LogP contribution in [0.4, 0.5) is 5.69 Å². The van der Waals surface area contributed by atoms with Gasteiger partial charge in [0.25, 0.3) is 0 Å². The summed E-state index contributed by atoms with van der Waals surface area (Å²) < 4.78 is 0. The summed E-state index contributed by atoms with van der Waals surface area (Å²) in [5.41, 5.74) is 20.1. The molecule has 0 aliphatic heterocycles. The lowest BCUT2D eigenvalue weighted by Crippen LogP contribution is -2.15. The van der Waals surface area contributed by atoms with Crippen molar-refractivity contribution >= 4 is 17.8 Å². The summed E-state index contributed by atoms with van der Waals surface area (Å²) in [6, 6.07) is 45.5. The van der Waals surface area contributed by atoms with E-state index in [0.717, 1.165) is 10.9 Å². The third kappa shape index (κ3) is 3.27. The third-order valence-corrected chi connectivity index (χ3v) is 8.14. The molecule has 0 heterocycles. The van der Waals surface area contributed by atoms with Gasteiger partial charge >= 0.3 is 0 Å². The first-order valence-electron chi connectivity index (χ1n) is 13.4. The molecular formula is C38H25N. The third-order valence-electron chi connectivity index (χ3n) is 8.14. The Bertz CT molecular complexity index is 2160. The number of fused-ring (bicyclic) bond motifs is 6. The zero-order valence-electron chi connectivity index (χ0n) is 21.4. The van der Waals surface area contributed by atoms with E-state index in [1.54, 1.807) is 0 Å². The fourth-order valence-electron chi connectivity index (χ4n) is 6.43. The van der Waals surface area contributed by atoms with E-state index in [1.807, 2.05) is 0 Å². The standard InChI is InChI=1S/C38H25N/c39-35-20-19-30-28-17-9-7-15-26(28)21-33(30)37(35)38-34-22-27-16-8-10-18-29(27)32(34)23-31(24-11-3-1-4-12-24)36(38)25-13-5-2-6-14-25/h1-23H,39H2. The van der Waals surface area contributed by atoms with Crippen LogP contribution in [0.1, 0.15) is 11.1 Å². The zero-order chi connectivity index (χ0) is 25.9. The second-order valence-electron chi connectivity index (χ2n) is 10.3. The first-order chi connectivity index (χ1) is 19.3. The Hall–Kier alpha value is -5.14. The van der Waals surface area contributed by atoms with Crippen molar-refractivity contribution in [2.24, 2.45) is 0 Å². The summed E-state index contributed by atoms with van der Waals surface area (Å²) in [4.78, 5) is 0. The van der Waals surface area contributed by atoms with Gasteiger partial charge in [0.1, 0.15) is 0 Å². The summed E-state index contributed by atoms with van der Waals surface area (Å²) in [5, 5.41) is 4.75. The summed E-state index contributed by atoms with van der Waals surface area (Å²) >= 11 is 0. The molecule has 0 atom stereocenters. The molecule has 0 radical (unpaired) electrons. The summed E-state index contributed by atoms with van der Waals surface area (Å²) in [6.07, 6.45) is 4.66. The van der Waals surface area contributed by atoms with Crippen LogP contribution in [0.15, 0.2) is 127 Å². The van der Waals surface area contributed by atoms with Gasteiger partial charge in [-0.25, -0.2) is 0 Å². The zero-order valence-corrected chi connectivity index (χ0v) is 21.4. The maximum Gasteiger partial charge on any atom is 0.0400 e. The lowest BCUT2D eigenvalue weighted by atomic mass is 9.87. The average molecular weight is 496 g/mol. The van der Waals surface area contributed by atoms with Crippen molar-refractivity contribution < 1.29 is 0 Å². The normalized spacial score (nSPS) is 13.0. The van der Waals surface area contributed by atoms with Crippen LogP contribution in [0.2, 0.25) is 0 Å². The molecule has 0 fully saturated rings. The minimum Gasteiger partial charge on any atom is -0.398 e. The highest BCUT2D eigenvalue weighted by molar-refractivity contribution is 5.93. The van der Waals surface area contributed by atoms with Gasteiger partial charge in [-0.15, -0.1) is 0 Å². The second kappa shape index (κ2) is 8.44. The van der Waals surface area contributed by atoms with Gasteiger partial charge in [-0.3, -0.25) is 0 Å². The molecule has 6 aromatic carbocycles. The topological polar surface area (TPSA) is 26.0 Å². The van der Waals surface area contributed by atoms with Crippen LogP contribution >= 0.6 is 0 Å². The molecule has 1 heteroatoms. The molecule has 1 nitrogen and oxygen atoms in total. The molecule has 0 unspecified atom stereocenters. The molecule has 8 rings (SSSR count). The van der Waals surface area contributed by atoms with Crippen LogP contribution in [0.25, 0.3) is 56.7 Å². The van der Waals surface area contributed by atoms with Crippen LogP contribution in [0.5, 0.6) is 0 Å². The largest absolute Gasteiger partial charge is 0.398 e. The number of benzene rings is 6. The van der Waals surface area contributed by atoms with Gasteiger partial charge in [0.2, 0.25) is 0 Å². The van der Waals surface area contributed by atoms with Crippen LogP contribution in [0.3, 0.4) is 0 Å². The van der Waals surface area contributed by atoms with E-state index >= 15 is 0 Å². The molecule has 0 bridgehead atoms. The predicted molar refractivity (Wildman–Crippen MR) is 163 cm³/mol. The number of nitrogens with two attached hydrogens (primary N) is 1. The smallest absolute Gasteiger partial charge is 0.0400 e. The van der Waals surface area contributed by atoms with E-state index in [4.69, 9.17) is 5.73 Å². The van der Waals surface area contributed by atoms with Gasteiger partial charge in [-0.05, 0) is 90.4 Å². The summed E-state index contributed by atoms with van der Waals surface area (Å²) in [7, 11) is 0.